The summed E-state index contributed by atoms with van der Waals surface area (Å²) in [5.41, 5.74) is 0.569. The smallest absolute Gasteiger partial charge is 0.253 e. The van der Waals surface area contributed by atoms with Crippen LogP contribution in [-0.2, 0) is 4.79 Å². The summed E-state index contributed by atoms with van der Waals surface area (Å²) in [5.74, 6) is 0.194. The van der Waals surface area contributed by atoms with Crippen molar-refractivity contribution in [3.8, 4) is 0 Å². The molecule has 1 heterocycles. The van der Waals surface area contributed by atoms with Crippen LogP contribution in [0.25, 0.3) is 0 Å². The van der Waals surface area contributed by atoms with E-state index in [9.17, 15) is 9.59 Å². The molecular formula is C12H14N2O2. The Labute approximate surface area is 94.1 Å². The average molecular weight is 218 g/mol. The van der Waals surface area contributed by atoms with E-state index >= 15 is 0 Å². The van der Waals surface area contributed by atoms with E-state index < -0.39 is 0 Å². The minimum atomic E-state index is -0.104. The second-order valence-electron chi connectivity index (χ2n) is 4.03. The highest BCUT2D eigenvalue weighted by molar-refractivity contribution is 5.94. The highest BCUT2D eigenvalue weighted by Gasteiger charge is 2.20. The predicted octanol–water partition coefficient (Wildman–Crippen LogP) is 1.32. The van der Waals surface area contributed by atoms with Crippen molar-refractivity contribution in [2.45, 2.75) is 31.7 Å². The number of pyridine rings is 1. The summed E-state index contributed by atoms with van der Waals surface area (Å²) in [5, 5.41) is 2.92. The van der Waals surface area contributed by atoms with Gasteiger partial charge in [0.1, 0.15) is 5.78 Å². The van der Waals surface area contributed by atoms with Crippen LogP contribution in [0.4, 0.5) is 0 Å². The Hall–Kier alpha value is -1.71. The van der Waals surface area contributed by atoms with Crippen molar-refractivity contribution in [1.29, 1.82) is 0 Å². The van der Waals surface area contributed by atoms with Crippen LogP contribution < -0.4 is 5.32 Å². The Morgan fingerprint density at radius 3 is 2.75 bits per heavy atom. The molecule has 1 aromatic rings. The van der Waals surface area contributed by atoms with Crippen molar-refractivity contribution in [2.24, 2.45) is 0 Å². The molecule has 4 heteroatoms. The normalized spacial score (nSPS) is 17.1. The average Bonchev–Trinajstić information content (AvgIpc) is 2.33. The molecule has 0 unspecified atom stereocenters. The van der Waals surface area contributed by atoms with Crippen LogP contribution in [0.5, 0.6) is 0 Å². The van der Waals surface area contributed by atoms with Crippen molar-refractivity contribution in [2.75, 3.05) is 0 Å². The number of hydrogen-bond acceptors (Lipinski definition) is 3. The maximum atomic E-state index is 11.8. The van der Waals surface area contributed by atoms with Crippen LogP contribution in [0, 0.1) is 0 Å². The molecule has 0 radical (unpaired) electrons. The lowest BCUT2D eigenvalue weighted by molar-refractivity contribution is -0.120. The summed E-state index contributed by atoms with van der Waals surface area (Å²) in [4.78, 5) is 26.7. The number of hydrogen-bond donors (Lipinski definition) is 1. The van der Waals surface area contributed by atoms with Crippen molar-refractivity contribution in [1.82, 2.24) is 10.3 Å². The zero-order valence-electron chi connectivity index (χ0n) is 8.98. The highest BCUT2D eigenvalue weighted by atomic mass is 16.1. The second-order valence-corrected chi connectivity index (χ2v) is 4.03. The fourth-order valence-corrected chi connectivity index (χ4v) is 1.85. The molecule has 1 saturated carbocycles. The Balaban J connectivity index is 1.91. The van der Waals surface area contributed by atoms with E-state index in [0.717, 1.165) is 12.8 Å². The van der Waals surface area contributed by atoms with E-state index in [1.807, 2.05) is 0 Å². The number of rotatable bonds is 2. The molecular weight excluding hydrogens is 204 g/mol. The molecule has 0 saturated heterocycles. The van der Waals surface area contributed by atoms with Crippen LogP contribution in [0.3, 0.4) is 0 Å². The van der Waals surface area contributed by atoms with E-state index in [1.165, 1.54) is 0 Å². The number of carbonyl (C=O) groups excluding carboxylic acids is 2. The molecule has 1 N–H and O–H groups in total. The van der Waals surface area contributed by atoms with E-state index in [1.54, 1.807) is 24.5 Å². The molecule has 0 spiro atoms. The second kappa shape index (κ2) is 4.88. The lowest BCUT2D eigenvalue weighted by atomic mass is 9.94. The number of nitrogens with one attached hydrogen (secondary N) is 1. The number of ketones is 1. The van der Waals surface area contributed by atoms with Gasteiger partial charge in [-0.05, 0) is 25.0 Å². The summed E-state index contributed by atoms with van der Waals surface area (Å²) in [6, 6.07) is 3.60. The number of carbonyl (C=O) groups is 2. The van der Waals surface area contributed by atoms with E-state index in [0.29, 0.717) is 24.2 Å². The van der Waals surface area contributed by atoms with Crippen LogP contribution in [-0.4, -0.2) is 22.7 Å². The van der Waals surface area contributed by atoms with Crippen molar-refractivity contribution >= 4 is 11.7 Å². The molecule has 16 heavy (non-hydrogen) atoms. The first-order valence-electron chi connectivity index (χ1n) is 5.48. The first-order chi connectivity index (χ1) is 7.75. The van der Waals surface area contributed by atoms with Gasteiger partial charge in [-0.25, -0.2) is 0 Å². The monoisotopic (exact) mass is 218 g/mol. The molecule has 0 atom stereocenters. The number of aromatic nitrogens is 1. The molecule has 0 aromatic carbocycles. The SMILES string of the molecule is O=C1CCC(NC(=O)c2cccnc2)CC1. The van der Waals surface area contributed by atoms with Crippen LogP contribution >= 0.6 is 0 Å². The van der Waals surface area contributed by atoms with Crippen LogP contribution in [0.1, 0.15) is 36.0 Å². The first-order valence-corrected chi connectivity index (χ1v) is 5.48. The molecule has 4 nitrogen and oxygen atoms in total. The van der Waals surface area contributed by atoms with Gasteiger partial charge in [0, 0.05) is 31.3 Å². The summed E-state index contributed by atoms with van der Waals surface area (Å²) in [6.07, 6.45) is 5.85. The summed E-state index contributed by atoms with van der Waals surface area (Å²) in [6.45, 7) is 0. The molecule has 1 aliphatic rings. The van der Waals surface area contributed by atoms with Gasteiger partial charge in [0.25, 0.3) is 5.91 Å². The largest absolute Gasteiger partial charge is 0.349 e. The van der Waals surface area contributed by atoms with Crippen molar-refractivity contribution < 1.29 is 9.59 Å². The zero-order valence-corrected chi connectivity index (χ0v) is 8.98. The third kappa shape index (κ3) is 2.66. The van der Waals surface area contributed by atoms with Gasteiger partial charge in [-0.2, -0.15) is 0 Å². The maximum absolute atomic E-state index is 11.8. The zero-order chi connectivity index (χ0) is 11.4. The van der Waals surface area contributed by atoms with Gasteiger partial charge in [-0.15, -0.1) is 0 Å². The van der Waals surface area contributed by atoms with Gasteiger partial charge < -0.3 is 5.32 Å². The number of nitrogens with zero attached hydrogens (tertiary/aromatic N) is 1. The molecule has 1 aliphatic carbocycles. The fraction of sp³-hybridized carbons (Fsp3) is 0.417. The standard InChI is InChI=1S/C12H14N2O2/c15-11-5-3-10(4-6-11)14-12(16)9-2-1-7-13-8-9/h1-2,7-8,10H,3-6H2,(H,14,16). The van der Waals surface area contributed by atoms with Crippen molar-refractivity contribution in [3.05, 3.63) is 30.1 Å². The van der Waals surface area contributed by atoms with Gasteiger partial charge in [-0.1, -0.05) is 0 Å². The molecule has 2 rings (SSSR count). The Morgan fingerprint density at radius 2 is 2.12 bits per heavy atom. The van der Waals surface area contributed by atoms with Gasteiger partial charge in [0.15, 0.2) is 0 Å². The molecule has 1 aromatic heterocycles. The molecule has 1 fully saturated rings. The van der Waals surface area contributed by atoms with E-state index in [-0.39, 0.29) is 11.9 Å². The Kier molecular flexibility index (Phi) is 3.29. The quantitative estimate of drug-likeness (QED) is 0.814. The minimum absolute atomic E-state index is 0.104. The van der Waals surface area contributed by atoms with Gasteiger partial charge in [0.05, 0.1) is 5.56 Å². The van der Waals surface area contributed by atoms with Crippen LogP contribution in [0.2, 0.25) is 0 Å². The molecule has 1 amide bonds. The molecule has 84 valence electrons. The number of Topliss-reactive ketones (excluding diaryl/α,β-unsaturated/α-hetero) is 1. The lowest BCUT2D eigenvalue weighted by Crippen LogP contribution is -2.37. The minimum Gasteiger partial charge on any atom is -0.349 e. The molecule has 0 bridgehead atoms. The summed E-state index contributed by atoms with van der Waals surface area (Å²) >= 11 is 0. The Bertz CT molecular complexity index is 379. The maximum Gasteiger partial charge on any atom is 0.253 e. The van der Waals surface area contributed by atoms with Gasteiger partial charge in [0.2, 0.25) is 0 Å². The third-order valence-electron chi connectivity index (χ3n) is 2.80. The molecule has 0 aliphatic heterocycles. The third-order valence-corrected chi connectivity index (χ3v) is 2.80. The number of amides is 1. The lowest BCUT2D eigenvalue weighted by Gasteiger charge is -2.21. The van der Waals surface area contributed by atoms with Gasteiger partial charge in [-0.3, -0.25) is 14.6 Å². The van der Waals surface area contributed by atoms with Gasteiger partial charge >= 0.3 is 0 Å². The van der Waals surface area contributed by atoms with Crippen molar-refractivity contribution in [3.63, 3.8) is 0 Å². The topological polar surface area (TPSA) is 59.1 Å². The fourth-order valence-electron chi connectivity index (χ4n) is 1.85. The first kappa shape index (κ1) is 10.8. The highest BCUT2D eigenvalue weighted by Crippen LogP contribution is 2.15. The summed E-state index contributed by atoms with van der Waals surface area (Å²) in [7, 11) is 0. The van der Waals surface area contributed by atoms with E-state index in [2.05, 4.69) is 10.3 Å². The Morgan fingerprint density at radius 1 is 1.38 bits per heavy atom. The summed E-state index contributed by atoms with van der Waals surface area (Å²) < 4.78 is 0. The predicted molar refractivity (Wildman–Crippen MR) is 59.0 cm³/mol. The van der Waals surface area contributed by atoms with E-state index in [4.69, 9.17) is 0 Å². The van der Waals surface area contributed by atoms with Crippen LogP contribution in [0.15, 0.2) is 24.5 Å².